The molecular formula is C18H20N4O2S2. The highest BCUT2D eigenvalue weighted by atomic mass is 32.2. The fraction of sp³-hybridized carbons (Fsp3) is 0.278. The van der Waals surface area contributed by atoms with Gasteiger partial charge in [0.05, 0.1) is 28.4 Å². The molecule has 0 radical (unpaired) electrons. The van der Waals surface area contributed by atoms with Gasteiger partial charge in [-0.3, -0.25) is 5.32 Å². The number of amides is 2. The number of thiazole rings is 1. The first-order chi connectivity index (χ1) is 12.6. The molecule has 1 aromatic carbocycles. The maximum absolute atomic E-state index is 12.1. The van der Waals surface area contributed by atoms with E-state index >= 15 is 0 Å². The second-order valence-electron chi connectivity index (χ2n) is 5.58. The molecular weight excluding hydrogens is 368 g/mol. The summed E-state index contributed by atoms with van der Waals surface area (Å²) in [6, 6.07) is 9.47. The molecule has 2 N–H and O–H groups in total. The van der Waals surface area contributed by atoms with Gasteiger partial charge in [0.1, 0.15) is 5.76 Å². The number of hydrogen-bond acceptors (Lipinski definition) is 6. The molecule has 1 atom stereocenters. The molecule has 0 saturated carbocycles. The van der Waals surface area contributed by atoms with Crippen molar-refractivity contribution < 1.29 is 9.21 Å². The Hall–Kier alpha value is -2.32. The molecule has 3 aromatic rings. The summed E-state index contributed by atoms with van der Waals surface area (Å²) < 4.78 is 6.58. The van der Waals surface area contributed by atoms with Crippen LogP contribution in [0, 0.1) is 0 Å². The van der Waals surface area contributed by atoms with Gasteiger partial charge in [-0.1, -0.05) is 48.6 Å². The van der Waals surface area contributed by atoms with E-state index in [1.807, 2.05) is 44.2 Å². The van der Waals surface area contributed by atoms with Crippen molar-refractivity contribution in [3.05, 3.63) is 59.9 Å². The van der Waals surface area contributed by atoms with Gasteiger partial charge in [-0.05, 0) is 12.5 Å². The van der Waals surface area contributed by atoms with Crippen LogP contribution in [-0.2, 0) is 12.2 Å². The number of hydrogen-bond donors (Lipinski definition) is 2. The molecule has 6 nitrogen and oxygen atoms in total. The smallest absolute Gasteiger partial charge is 0.321 e. The van der Waals surface area contributed by atoms with Gasteiger partial charge in [-0.2, -0.15) is 0 Å². The first-order valence-corrected chi connectivity index (χ1v) is 10.1. The average Bonchev–Trinajstić information content (AvgIpc) is 3.29. The molecule has 0 saturated heterocycles. The zero-order valence-corrected chi connectivity index (χ0v) is 16.2. The molecule has 3 rings (SSSR count). The number of aromatic nitrogens is 2. The molecule has 8 heteroatoms. The molecule has 1 unspecified atom stereocenters. The fourth-order valence-electron chi connectivity index (χ4n) is 2.25. The second-order valence-corrected chi connectivity index (χ2v) is 7.88. The number of oxazole rings is 1. The molecule has 26 heavy (non-hydrogen) atoms. The van der Waals surface area contributed by atoms with Gasteiger partial charge in [0.15, 0.2) is 5.13 Å². The van der Waals surface area contributed by atoms with Crippen molar-refractivity contribution in [2.24, 2.45) is 0 Å². The van der Waals surface area contributed by atoms with Gasteiger partial charge < -0.3 is 9.73 Å². The van der Waals surface area contributed by atoms with E-state index in [9.17, 15) is 4.79 Å². The summed E-state index contributed by atoms with van der Waals surface area (Å²) in [6.45, 7) is 3.97. The minimum absolute atomic E-state index is 0.0807. The summed E-state index contributed by atoms with van der Waals surface area (Å²) in [5, 5.41) is 6.25. The van der Waals surface area contributed by atoms with Crippen LogP contribution in [0.4, 0.5) is 9.93 Å². The van der Waals surface area contributed by atoms with Crippen LogP contribution in [0.1, 0.15) is 37.1 Å². The number of anilines is 1. The largest absolute Gasteiger partial charge is 0.445 e. The molecule has 136 valence electrons. The number of rotatable bonds is 7. The summed E-state index contributed by atoms with van der Waals surface area (Å²) >= 11 is 3.01. The van der Waals surface area contributed by atoms with Crippen molar-refractivity contribution in [2.45, 2.75) is 36.3 Å². The van der Waals surface area contributed by atoms with E-state index in [0.29, 0.717) is 16.8 Å². The highest BCUT2D eigenvalue weighted by Gasteiger charge is 2.12. The number of thioether (sulfide) groups is 1. The highest BCUT2D eigenvalue weighted by molar-refractivity contribution is 8.00. The molecule has 0 bridgehead atoms. The van der Waals surface area contributed by atoms with Crippen molar-refractivity contribution in [2.75, 3.05) is 5.32 Å². The van der Waals surface area contributed by atoms with Crippen LogP contribution in [0.15, 0.2) is 51.4 Å². The van der Waals surface area contributed by atoms with Crippen LogP contribution in [-0.4, -0.2) is 16.0 Å². The molecule has 0 spiro atoms. The minimum Gasteiger partial charge on any atom is -0.445 e. The lowest BCUT2D eigenvalue weighted by Gasteiger charge is -2.13. The predicted molar refractivity (Wildman–Crippen MR) is 105 cm³/mol. The quantitative estimate of drug-likeness (QED) is 0.565. The second kappa shape index (κ2) is 8.86. The minimum atomic E-state index is -0.271. The number of nitrogens with one attached hydrogen (secondary N) is 2. The van der Waals surface area contributed by atoms with E-state index < -0.39 is 0 Å². The first kappa shape index (κ1) is 18.5. The number of carbonyl (C=O) groups excluding carboxylic acids is 1. The van der Waals surface area contributed by atoms with E-state index in [1.165, 1.54) is 11.3 Å². The third-order valence-corrected chi connectivity index (χ3v) is 5.73. The van der Waals surface area contributed by atoms with E-state index in [0.717, 1.165) is 22.0 Å². The van der Waals surface area contributed by atoms with E-state index in [4.69, 9.17) is 4.42 Å². The normalized spacial score (nSPS) is 11.9. The Morgan fingerprint density at radius 1 is 1.27 bits per heavy atom. The molecule has 0 fully saturated rings. The maximum atomic E-state index is 12.1. The number of carbonyl (C=O) groups is 1. The molecule has 0 aliphatic carbocycles. The average molecular weight is 389 g/mol. The van der Waals surface area contributed by atoms with Crippen molar-refractivity contribution in [1.29, 1.82) is 0 Å². The highest BCUT2D eigenvalue weighted by Crippen LogP contribution is 2.30. The summed E-state index contributed by atoms with van der Waals surface area (Å²) in [6.07, 6.45) is 4.34. The van der Waals surface area contributed by atoms with Crippen LogP contribution in [0.5, 0.6) is 0 Å². The lowest BCUT2D eigenvalue weighted by molar-refractivity contribution is 0.249. The van der Waals surface area contributed by atoms with Crippen LogP contribution >= 0.6 is 23.1 Å². The van der Waals surface area contributed by atoms with Gasteiger partial charge in [0.25, 0.3) is 0 Å². The first-order valence-electron chi connectivity index (χ1n) is 8.28. The van der Waals surface area contributed by atoms with Crippen LogP contribution in [0.25, 0.3) is 0 Å². The van der Waals surface area contributed by atoms with Gasteiger partial charge in [0, 0.05) is 6.42 Å². The van der Waals surface area contributed by atoms with Crippen molar-refractivity contribution >= 4 is 34.3 Å². The summed E-state index contributed by atoms with van der Waals surface area (Å²) in [7, 11) is 0. The van der Waals surface area contributed by atoms with E-state index in [2.05, 4.69) is 20.6 Å². The molecule has 2 aromatic heterocycles. The van der Waals surface area contributed by atoms with Crippen molar-refractivity contribution in [3.8, 4) is 0 Å². The van der Waals surface area contributed by atoms with Gasteiger partial charge in [-0.25, -0.2) is 14.8 Å². The SMILES string of the molecule is CCc1cnc(CSc2cnc(NC(=O)NC(C)c3ccccc3)s2)o1. The summed E-state index contributed by atoms with van der Waals surface area (Å²) in [5.41, 5.74) is 1.05. The van der Waals surface area contributed by atoms with Crippen molar-refractivity contribution in [3.63, 3.8) is 0 Å². The Bertz CT molecular complexity index is 848. The van der Waals surface area contributed by atoms with E-state index in [-0.39, 0.29) is 12.1 Å². The molecule has 0 aliphatic heterocycles. The zero-order valence-electron chi connectivity index (χ0n) is 14.6. The number of benzene rings is 1. The Morgan fingerprint density at radius 2 is 2.08 bits per heavy atom. The van der Waals surface area contributed by atoms with Gasteiger partial charge >= 0.3 is 6.03 Å². The number of aryl methyl sites for hydroxylation is 1. The standard InChI is InChI=1S/C18H20N4O2S2/c1-3-14-9-19-15(24-14)11-25-16-10-20-18(26-16)22-17(23)21-12(2)13-7-5-4-6-8-13/h4-10,12H,3,11H2,1-2H3,(H2,20,21,22,23). The monoisotopic (exact) mass is 388 g/mol. The molecule has 2 amide bonds. The number of nitrogens with zero attached hydrogens (tertiary/aromatic N) is 2. The summed E-state index contributed by atoms with van der Waals surface area (Å²) in [4.78, 5) is 20.6. The Morgan fingerprint density at radius 3 is 2.81 bits per heavy atom. The Balaban J connectivity index is 1.49. The maximum Gasteiger partial charge on any atom is 0.321 e. The fourth-order valence-corrected chi connectivity index (χ4v) is 3.97. The topological polar surface area (TPSA) is 80.0 Å². The third kappa shape index (κ3) is 5.09. The van der Waals surface area contributed by atoms with Gasteiger partial charge in [-0.15, -0.1) is 11.8 Å². The van der Waals surface area contributed by atoms with Gasteiger partial charge in [0.2, 0.25) is 5.89 Å². The lowest BCUT2D eigenvalue weighted by Crippen LogP contribution is -2.31. The van der Waals surface area contributed by atoms with Crippen LogP contribution in [0.2, 0.25) is 0 Å². The molecule has 0 aliphatic rings. The van der Waals surface area contributed by atoms with Crippen LogP contribution < -0.4 is 10.6 Å². The zero-order chi connectivity index (χ0) is 18.4. The van der Waals surface area contributed by atoms with E-state index in [1.54, 1.807) is 24.2 Å². The lowest BCUT2D eigenvalue weighted by atomic mass is 10.1. The molecule has 2 heterocycles. The summed E-state index contributed by atoms with van der Waals surface area (Å²) in [5.74, 6) is 2.22. The predicted octanol–water partition coefficient (Wildman–Crippen LogP) is 4.87. The van der Waals surface area contributed by atoms with Crippen LogP contribution in [0.3, 0.4) is 0 Å². The van der Waals surface area contributed by atoms with Crippen molar-refractivity contribution in [1.82, 2.24) is 15.3 Å². The Kier molecular flexibility index (Phi) is 6.30. The number of urea groups is 1. The third-order valence-electron chi connectivity index (χ3n) is 3.64. The Labute approximate surface area is 160 Å².